The minimum atomic E-state index is 0.314. The van der Waals surface area contributed by atoms with Gasteiger partial charge in [0.15, 0.2) is 0 Å². The molecule has 4 atom stereocenters. The van der Waals surface area contributed by atoms with Crippen LogP contribution in [0.25, 0.3) is 0 Å². The lowest BCUT2D eigenvalue weighted by Crippen LogP contribution is -1.87. The smallest absolute Gasteiger partial charge is 0.0238 e. The first-order chi connectivity index (χ1) is 11.2. The van der Waals surface area contributed by atoms with Crippen LogP contribution in [-0.4, -0.2) is 0 Å². The molecule has 0 aliphatic rings. The van der Waals surface area contributed by atoms with Gasteiger partial charge in [0.2, 0.25) is 0 Å². The highest BCUT2D eigenvalue weighted by Gasteiger charge is 2.02. The molecule has 4 unspecified atom stereocenters. The van der Waals surface area contributed by atoms with Gasteiger partial charge in [-0.15, -0.1) is 0 Å². The Morgan fingerprint density at radius 3 is 0.625 bits per heavy atom. The fraction of sp³-hybridized carbons (Fsp3) is 0.400. The molecule has 4 heteroatoms. The monoisotopic (exact) mass is 396 g/mol. The van der Waals surface area contributed by atoms with Crippen molar-refractivity contribution >= 4 is 50.5 Å². The first-order valence-corrected chi connectivity index (χ1v) is 10.2. The molecular formula is C20H28S4. The molecule has 2 aromatic carbocycles. The van der Waals surface area contributed by atoms with Crippen LogP contribution in [0, 0.1) is 0 Å². The van der Waals surface area contributed by atoms with Crippen LogP contribution in [0.15, 0.2) is 48.5 Å². The molecule has 2 aromatic rings. The predicted molar refractivity (Wildman–Crippen MR) is 122 cm³/mol. The van der Waals surface area contributed by atoms with Crippen LogP contribution >= 0.6 is 50.5 Å². The van der Waals surface area contributed by atoms with Crippen LogP contribution in [-0.2, 0) is 0 Å². The Labute approximate surface area is 169 Å². The van der Waals surface area contributed by atoms with Gasteiger partial charge in [0.1, 0.15) is 0 Å². The van der Waals surface area contributed by atoms with Crippen LogP contribution in [0.5, 0.6) is 0 Å². The van der Waals surface area contributed by atoms with Crippen molar-refractivity contribution in [3.05, 3.63) is 70.8 Å². The van der Waals surface area contributed by atoms with E-state index in [4.69, 9.17) is 0 Å². The molecule has 0 radical (unpaired) electrons. The summed E-state index contributed by atoms with van der Waals surface area (Å²) in [7, 11) is 0. The molecule has 0 heterocycles. The van der Waals surface area contributed by atoms with Crippen LogP contribution in [0.2, 0.25) is 0 Å². The maximum absolute atomic E-state index is 4.35. The molecular weight excluding hydrogens is 368 g/mol. The fourth-order valence-electron chi connectivity index (χ4n) is 2.11. The van der Waals surface area contributed by atoms with E-state index >= 15 is 0 Å². The van der Waals surface area contributed by atoms with E-state index in [-0.39, 0.29) is 0 Å². The maximum Gasteiger partial charge on any atom is 0.0238 e. The highest BCUT2D eigenvalue weighted by molar-refractivity contribution is 7.81. The molecule has 0 aromatic heterocycles. The van der Waals surface area contributed by atoms with E-state index in [0.29, 0.717) is 21.0 Å². The molecule has 0 aliphatic carbocycles. The Morgan fingerprint density at radius 1 is 0.417 bits per heavy atom. The molecule has 0 spiro atoms. The van der Waals surface area contributed by atoms with Crippen molar-refractivity contribution in [2.24, 2.45) is 0 Å². The van der Waals surface area contributed by atoms with Gasteiger partial charge in [-0.05, 0) is 49.9 Å². The van der Waals surface area contributed by atoms with Gasteiger partial charge in [0.05, 0.1) is 0 Å². The zero-order chi connectivity index (χ0) is 18.3. The number of hydrogen-bond acceptors (Lipinski definition) is 4. The Hall–Kier alpha value is -0.160. The van der Waals surface area contributed by atoms with Gasteiger partial charge < -0.3 is 0 Å². The van der Waals surface area contributed by atoms with E-state index in [9.17, 15) is 0 Å². The van der Waals surface area contributed by atoms with Gasteiger partial charge in [0.25, 0.3) is 0 Å². The normalized spacial score (nSPS) is 15.7. The SMILES string of the molecule is CC(S)c1ccc(C(C)S)cc1.CC(S)c1ccc(C(C)S)cc1. The molecule has 0 fully saturated rings. The average Bonchev–Trinajstić information content (AvgIpc) is 2.55. The maximum atomic E-state index is 4.35. The topological polar surface area (TPSA) is 0 Å². The van der Waals surface area contributed by atoms with Gasteiger partial charge in [-0.1, -0.05) is 48.5 Å². The lowest BCUT2D eigenvalue weighted by molar-refractivity contribution is 1.07. The minimum absolute atomic E-state index is 0.314. The second kappa shape index (κ2) is 10.7. The van der Waals surface area contributed by atoms with Gasteiger partial charge in [-0.3, -0.25) is 0 Å². The number of thiol groups is 4. The molecule has 0 nitrogen and oxygen atoms in total. The molecule has 132 valence electrons. The van der Waals surface area contributed by atoms with Gasteiger partial charge in [-0.2, -0.15) is 50.5 Å². The summed E-state index contributed by atoms with van der Waals surface area (Å²) in [4.78, 5) is 0. The average molecular weight is 397 g/mol. The van der Waals surface area contributed by atoms with E-state index in [0.717, 1.165) is 0 Å². The van der Waals surface area contributed by atoms with E-state index in [1.165, 1.54) is 22.3 Å². The van der Waals surface area contributed by atoms with Crippen molar-refractivity contribution in [1.82, 2.24) is 0 Å². The summed E-state index contributed by atoms with van der Waals surface area (Å²) in [5, 5.41) is 1.26. The van der Waals surface area contributed by atoms with Crippen LogP contribution in [0.3, 0.4) is 0 Å². The van der Waals surface area contributed by atoms with Crippen molar-refractivity contribution in [1.29, 1.82) is 0 Å². The summed E-state index contributed by atoms with van der Waals surface area (Å²) in [6.07, 6.45) is 0. The Kier molecular flexibility index (Phi) is 9.80. The molecule has 24 heavy (non-hydrogen) atoms. The van der Waals surface area contributed by atoms with E-state index in [2.05, 4.69) is 127 Å². The number of benzene rings is 2. The summed E-state index contributed by atoms with van der Waals surface area (Å²) < 4.78 is 0. The molecule has 0 bridgehead atoms. The van der Waals surface area contributed by atoms with E-state index in [1.54, 1.807) is 0 Å². The first-order valence-electron chi connectivity index (χ1n) is 8.14. The first kappa shape index (κ1) is 21.9. The molecule has 2 rings (SSSR count). The van der Waals surface area contributed by atoms with Crippen LogP contribution in [0.1, 0.15) is 70.9 Å². The second-order valence-corrected chi connectivity index (χ2v) is 9.14. The molecule has 0 N–H and O–H groups in total. The van der Waals surface area contributed by atoms with Gasteiger partial charge >= 0.3 is 0 Å². The third kappa shape index (κ3) is 7.38. The van der Waals surface area contributed by atoms with Crippen molar-refractivity contribution in [3.63, 3.8) is 0 Å². The van der Waals surface area contributed by atoms with E-state index < -0.39 is 0 Å². The largest absolute Gasteiger partial charge is 0.171 e. The Morgan fingerprint density at radius 2 is 0.542 bits per heavy atom. The molecule has 0 saturated carbocycles. The number of hydrogen-bond donors (Lipinski definition) is 4. The zero-order valence-corrected chi connectivity index (χ0v) is 18.3. The predicted octanol–water partition coefficient (Wildman–Crippen LogP) is 7.34. The standard InChI is InChI=1S/2C10H14S2/c2*1-7(11)9-3-5-10(6-4-9)8(2)12/h2*3-8,11-12H,1-2H3. The van der Waals surface area contributed by atoms with Crippen LogP contribution in [0.4, 0.5) is 0 Å². The van der Waals surface area contributed by atoms with Gasteiger partial charge in [0, 0.05) is 21.0 Å². The summed E-state index contributed by atoms with van der Waals surface area (Å²) in [6, 6.07) is 16.9. The molecule has 0 amide bonds. The van der Waals surface area contributed by atoms with E-state index in [1.807, 2.05) is 0 Å². The third-order valence-electron chi connectivity index (χ3n) is 3.80. The Bertz CT molecular complexity index is 475. The third-order valence-corrected chi connectivity index (χ3v) is 5.00. The molecule has 0 saturated heterocycles. The highest BCUT2D eigenvalue weighted by atomic mass is 32.1. The minimum Gasteiger partial charge on any atom is -0.171 e. The second-order valence-electron chi connectivity index (χ2n) is 6.04. The Balaban J connectivity index is 0.000000240. The lowest BCUT2D eigenvalue weighted by Gasteiger charge is -2.07. The van der Waals surface area contributed by atoms with Gasteiger partial charge in [-0.25, -0.2) is 0 Å². The summed E-state index contributed by atoms with van der Waals surface area (Å²) in [5.74, 6) is 0. The van der Waals surface area contributed by atoms with Crippen LogP contribution < -0.4 is 0 Å². The number of rotatable bonds is 4. The van der Waals surface area contributed by atoms with Crippen molar-refractivity contribution < 1.29 is 0 Å². The quantitative estimate of drug-likeness (QED) is 0.382. The zero-order valence-electron chi connectivity index (χ0n) is 14.7. The summed E-state index contributed by atoms with van der Waals surface area (Å²) in [6.45, 7) is 8.29. The lowest BCUT2D eigenvalue weighted by atomic mass is 10.1. The highest BCUT2D eigenvalue weighted by Crippen LogP contribution is 2.24. The summed E-state index contributed by atoms with van der Waals surface area (Å²) >= 11 is 17.4. The van der Waals surface area contributed by atoms with Crippen molar-refractivity contribution in [2.45, 2.75) is 48.7 Å². The van der Waals surface area contributed by atoms with Crippen molar-refractivity contribution in [2.75, 3.05) is 0 Å². The fourth-order valence-corrected chi connectivity index (χ4v) is 2.79. The summed E-state index contributed by atoms with van der Waals surface area (Å²) in [5.41, 5.74) is 5.04. The van der Waals surface area contributed by atoms with Crippen molar-refractivity contribution in [3.8, 4) is 0 Å². The molecule has 0 aliphatic heterocycles.